The van der Waals surface area contributed by atoms with E-state index in [1.54, 1.807) is 0 Å². The van der Waals surface area contributed by atoms with Crippen LogP contribution in [0, 0.1) is 0 Å². The van der Waals surface area contributed by atoms with E-state index < -0.39 is 11.7 Å². The van der Waals surface area contributed by atoms with Gasteiger partial charge in [0.25, 0.3) is 0 Å². The lowest BCUT2D eigenvalue weighted by molar-refractivity contribution is -0.137. The molecule has 0 unspecified atom stereocenters. The van der Waals surface area contributed by atoms with Gasteiger partial charge in [-0.1, -0.05) is 11.6 Å². The van der Waals surface area contributed by atoms with Gasteiger partial charge >= 0.3 is 6.18 Å². The Kier molecular flexibility index (Phi) is 4.75. The molecule has 0 spiro atoms. The second kappa shape index (κ2) is 6.80. The number of benzene rings is 1. The van der Waals surface area contributed by atoms with Gasteiger partial charge in [0.05, 0.1) is 22.5 Å². The van der Waals surface area contributed by atoms with E-state index in [-0.39, 0.29) is 10.7 Å². The van der Waals surface area contributed by atoms with Crippen LogP contribution in [0.5, 0.6) is 0 Å². The minimum absolute atomic E-state index is 0.122. The highest BCUT2D eigenvalue weighted by Gasteiger charge is 2.31. The van der Waals surface area contributed by atoms with Crippen molar-refractivity contribution in [2.75, 3.05) is 23.3 Å². The summed E-state index contributed by atoms with van der Waals surface area (Å²) in [5.74, 6) is 0.759. The highest BCUT2D eigenvalue weighted by Crippen LogP contribution is 2.34. The largest absolute Gasteiger partial charge is 0.416 e. The van der Waals surface area contributed by atoms with Crippen molar-refractivity contribution < 1.29 is 13.2 Å². The van der Waals surface area contributed by atoms with Crippen molar-refractivity contribution in [3.63, 3.8) is 0 Å². The number of nitrogens with zero attached hydrogens (tertiary/aromatic N) is 4. The summed E-state index contributed by atoms with van der Waals surface area (Å²) in [6.07, 6.45) is 0.191. The summed E-state index contributed by atoms with van der Waals surface area (Å²) in [5.41, 5.74) is -0.663. The van der Waals surface area contributed by atoms with Gasteiger partial charge in [-0.3, -0.25) is 0 Å². The minimum Gasteiger partial charge on any atom is -0.339 e. The van der Waals surface area contributed by atoms with Crippen LogP contribution in [0.3, 0.4) is 0 Å². The average Bonchev–Trinajstić information content (AvgIpc) is 2.57. The zero-order valence-electron chi connectivity index (χ0n) is 12.6. The molecule has 2 heterocycles. The number of piperidine rings is 1. The van der Waals surface area contributed by atoms with Gasteiger partial charge in [0, 0.05) is 13.1 Å². The quantitative estimate of drug-likeness (QED) is 0.888. The highest BCUT2D eigenvalue weighted by molar-refractivity contribution is 6.33. The fourth-order valence-electron chi connectivity index (χ4n) is 2.52. The Morgan fingerprint density at radius 1 is 1.12 bits per heavy atom. The van der Waals surface area contributed by atoms with Gasteiger partial charge in [-0.2, -0.15) is 23.3 Å². The Labute approximate surface area is 141 Å². The van der Waals surface area contributed by atoms with Crippen LogP contribution < -0.4 is 10.2 Å². The smallest absolute Gasteiger partial charge is 0.339 e. The van der Waals surface area contributed by atoms with Gasteiger partial charge in [-0.25, -0.2) is 0 Å². The number of halogens is 4. The van der Waals surface area contributed by atoms with Crippen molar-refractivity contribution in [2.24, 2.45) is 0 Å². The summed E-state index contributed by atoms with van der Waals surface area (Å²) in [7, 11) is 0. The number of hydrogen-bond acceptors (Lipinski definition) is 5. The Hall–Kier alpha value is -2.09. The molecule has 0 bridgehead atoms. The van der Waals surface area contributed by atoms with Crippen molar-refractivity contribution in [3.05, 3.63) is 35.0 Å². The zero-order chi connectivity index (χ0) is 17.2. The number of nitrogens with one attached hydrogen (secondary N) is 1. The first kappa shape index (κ1) is 16.8. The van der Waals surface area contributed by atoms with Gasteiger partial charge in [-0.05, 0) is 37.5 Å². The van der Waals surface area contributed by atoms with Crippen molar-refractivity contribution in [1.29, 1.82) is 0 Å². The molecule has 1 aromatic carbocycles. The summed E-state index contributed by atoms with van der Waals surface area (Å²) < 4.78 is 38.5. The third-order valence-electron chi connectivity index (χ3n) is 3.74. The Bertz CT molecular complexity index is 716. The van der Waals surface area contributed by atoms with Crippen LogP contribution in [0.25, 0.3) is 0 Å². The molecule has 5 nitrogen and oxygen atoms in total. The molecule has 1 N–H and O–H groups in total. The molecule has 0 saturated carbocycles. The number of rotatable bonds is 3. The Morgan fingerprint density at radius 3 is 2.58 bits per heavy atom. The third-order valence-corrected chi connectivity index (χ3v) is 4.07. The fourth-order valence-corrected chi connectivity index (χ4v) is 2.68. The maximum atomic E-state index is 12.8. The van der Waals surface area contributed by atoms with E-state index in [4.69, 9.17) is 11.6 Å². The molecule has 0 amide bonds. The minimum atomic E-state index is -4.44. The van der Waals surface area contributed by atoms with Crippen LogP contribution in [-0.2, 0) is 6.18 Å². The molecule has 0 atom stereocenters. The zero-order valence-corrected chi connectivity index (χ0v) is 13.4. The van der Waals surface area contributed by atoms with Crippen LogP contribution in [0.15, 0.2) is 24.4 Å². The van der Waals surface area contributed by atoms with Gasteiger partial charge in [-0.15, -0.1) is 5.10 Å². The topological polar surface area (TPSA) is 53.9 Å². The normalized spacial score (nSPS) is 15.4. The molecule has 0 aliphatic carbocycles. The van der Waals surface area contributed by atoms with Crippen LogP contribution in [0.1, 0.15) is 24.8 Å². The lowest BCUT2D eigenvalue weighted by atomic mass is 10.1. The predicted molar refractivity (Wildman–Crippen MR) is 85.6 cm³/mol. The second-order valence-corrected chi connectivity index (χ2v) is 5.91. The first-order chi connectivity index (χ1) is 11.4. The van der Waals surface area contributed by atoms with Crippen molar-refractivity contribution in [1.82, 2.24) is 15.2 Å². The van der Waals surface area contributed by atoms with E-state index in [9.17, 15) is 13.2 Å². The monoisotopic (exact) mass is 357 g/mol. The van der Waals surface area contributed by atoms with E-state index >= 15 is 0 Å². The summed E-state index contributed by atoms with van der Waals surface area (Å²) in [6, 6.07) is 3.09. The molecule has 9 heteroatoms. The average molecular weight is 358 g/mol. The molecule has 1 aliphatic heterocycles. The highest BCUT2D eigenvalue weighted by atomic mass is 35.5. The number of alkyl halides is 3. The van der Waals surface area contributed by atoms with E-state index in [1.807, 2.05) is 4.90 Å². The number of hydrogen-bond donors (Lipinski definition) is 1. The number of aromatic nitrogens is 3. The van der Waals surface area contributed by atoms with E-state index in [0.717, 1.165) is 38.1 Å². The van der Waals surface area contributed by atoms with Crippen molar-refractivity contribution >= 4 is 29.1 Å². The molecule has 1 aromatic heterocycles. The first-order valence-corrected chi connectivity index (χ1v) is 7.90. The molecule has 24 heavy (non-hydrogen) atoms. The molecular weight excluding hydrogens is 343 g/mol. The SMILES string of the molecule is FC(F)(F)c1ccc(Cl)c(Nc2cnnc(N3CCCCC3)n2)c1. The van der Waals surface area contributed by atoms with Crippen LogP contribution in [-0.4, -0.2) is 28.3 Å². The molecule has 1 fully saturated rings. The van der Waals surface area contributed by atoms with E-state index in [2.05, 4.69) is 20.5 Å². The third kappa shape index (κ3) is 3.87. The Balaban J connectivity index is 1.83. The lowest BCUT2D eigenvalue weighted by Crippen LogP contribution is -2.31. The predicted octanol–water partition coefficient (Wildman–Crippen LogP) is 4.28. The summed E-state index contributed by atoms with van der Waals surface area (Å²) >= 11 is 5.98. The molecule has 1 saturated heterocycles. The summed E-state index contributed by atoms with van der Waals surface area (Å²) in [4.78, 5) is 6.34. The van der Waals surface area contributed by atoms with Crippen LogP contribution in [0.2, 0.25) is 5.02 Å². The lowest BCUT2D eigenvalue weighted by Gasteiger charge is -2.26. The fraction of sp³-hybridized carbons (Fsp3) is 0.400. The maximum Gasteiger partial charge on any atom is 0.416 e. The molecule has 1 aliphatic rings. The molecule has 3 rings (SSSR count). The van der Waals surface area contributed by atoms with Crippen molar-refractivity contribution in [2.45, 2.75) is 25.4 Å². The van der Waals surface area contributed by atoms with Gasteiger partial charge in [0.15, 0.2) is 5.82 Å². The van der Waals surface area contributed by atoms with Crippen molar-refractivity contribution in [3.8, 4) is 0 Å². The molecule has 128 valence electrons. The molecule has 0 radical (unpaired) electrons. The number of anilines is 3. The first-order valence-electron chi connectivity index (χ1n) is 7.52. The molecular formula is C15H15ClF3N5. The van der Waals surface area contributed by atoms with E-state index in [1.165, 1.54) is 18.7 Å². The summed E-state index contributed by atoms with van der Waals surface area (Å²) in [6.45, 7) is 1.69. The van der Waals surface area contributed by atoms with Crippen LogP contribution in [0.4, 0.5) is 30.6 Å². The molecule has 2 aromatic rings. The maximum absolute atomic E-state index is 12.8. The second-order valence-electron chi connectivity index (χ2n) is 5.51. The van der Waals surface area contributed by atoms with Gasteiger partial charge < -0.3 is 10.2 Å². The van der Waals surface area contributed by atoms with E-state index in [0.29, 0.717) is 11.8 Å². The standard InChI is InChI=1S/C15H15ClF3N5/c16-11-5-4-10(15(17,18)19)8-12(11)21-13-9-20-23-14(22-13)24-6-2-1-3-7-24/h4-5,8-9H,1-3,6-7H2,(H,21,22,23). The van der Waals surface area contributed by atoms with Crippen LogP contribution >= 0.6 is 11.6 Å². The van der Waals surface area contributed by atoms with Gasteiger partial charge in [0.1, 0.15) is 0 Å². The summed E-state index contributed by atoms with van der Waals surface area (Å²) in [5, 5.41) is 10.8. The Morgan fingerprint density at radius 2 is 1.88 bits per heavy atom. The van der Waals surface area contributed by atoms with Gasteiger partial charge in [0.2, 0.25) is 5.95 Å².